The number of ether oxygens (including phenoxy) is 1. The Bertz CT molecular complexity index is 534. The highest BCUT2D eigenvalue weighted by Crippen LogP contribution is 2.17. The van der Waals surface area contributed by atoms with Crippen LogP contribution >= 0.6 is 0 Å². The Kier molecular flexibility index (Phi) is 8.29. The molecule has 25 heavy (non-hydrogen) atoms. The van der Waals surface area contributed by atoms with Crippen LogP contribution in [-0.4, -0.2) is 31.0 Å². The van der Waals surface area contributed by atoms with Crippen LogP contribution in [0.25, 0.3) is 0 Å². The Morgan fingerprint density at radius 1 is 1.08 bits per heavy atom. The average Bonchev–Trinajstić information content (AvgIpc) is 2.89. The van der Waals surface area contributed by atoms with Gasteiger partial charge in [0.15, 0.2) is 0 Å². The molecule has 1 saturated carbocycles. The standard InChI is InChI=1S/C20H30N2O3/c1-2-3-14-25-18-12-10-16(11-13-18)20(24)21-15-19(23)22-17-8-6-4-5-7-9-17/h10-13,17H,2-9,14-15H2,1H3,(H,21,24)(H,22,23). The Hall–Kier alpha value is -2.04. The molecule has 2 rings (SSSR count). The summed E-state index contributed by atoms with van der Waals surface area (Å²) in [5, 5.41) is 5.71. The fourth-order valence-electron chi connectivity index (χ4n) is 3.00. The monoisotopic (exact) mass is 346 g/mol. The van der Waals surface area contributed by atoms with Crippen LogP contribution in [0.15, 0.2) is 24.3 Å². The van der Waals surface area contributed by atoms with Crippen molar-refractivity contribution < 1.29 is 14.3 Å². The van der Waals surface area contributed by atoms with Crippen molar-refractivity contribution in [2.75, 3.05) is 13.2 Å². The van der Waals surface area contributed by atoms with Gasteiger partial charge in [-0.25, -0.2) is 0 Å². The van der Waals surface area contributed by atoms with E-state index in [4.69, 9.17) is 4.74 Å². The van der Waals surface area contributed by atoms with Gasteiger partial charge >= 0.3 is 0 Å². The smallest absolute Gasteiger partial charge is 0.251 e. The van der Waals surface area contributed by atoms with Gasteiger partial charge < -0.3 is 15.4 Å². The van der Waals surface area contributed by atoms with Crippen LogP contribution in [0.4, 0.5) is 0 Å². The van der Waals surface area contributed by atoms with Gasteiger partial charge in [-0.2, -0.15) is 0 Å². The third kappa shape index (κ3) is 7.16. The minimum atomic E-state index is -0.240. The van der Waals surface area contributed by atoms with E-state index in [1.807, 2.05) is 0 Å². The van der Waals surface area contributed by atoms with E-state index in [0.717, 1.165) is 31.4 Å². The molecule has 1 aliphatic rings. The molecule has 0 atom stereocenters. The maximum Gasteiger partial charge on any atom is 0.251 e. The van der Waals surface area contributed by atoms with Crippen LogP contribution in [0.2, 0.25) is 0 Å². The van der Waals surface area contributed by atoms with E-state index in [0.29, 0.717) is 12.2 Å². The van der Waals surface area contributed by atoms with E-state index in [-0.39, 0.29) is 24.4 Å². The van der Waals surface area contributed by atoms with Crippen LogP contribution in [-0.2, 0) is 4.79 Å². The van der Waals surface area contributed by atoms with Gasteiger partial charge in [0, 0.05) is 11.6 Å². The highest BCUT2D eigenvalue weighted by Gasteiger charge is 2.15. The molecule has 0 saturated heterocycles. The van der Waals surface area contributed by atoms with Crippen LogP contribution in [0, 0.1) is 0 Å². The summed E-state index contributed by atoms with van der Waals surface area (Å²) in [5.74, 6) is 0.409. The normalized spacial score (nSPS) is 15.2. The Balaban J connectivity index is 1.72. The summed E-state index contributed by atoms with van der Waals surface area (Å²) in [6.45, 7) is 2.82. The number of rotatable bonds is 8. The van der Waals surface area contributed by atoms with Crippen molar-refractivity contribution >= 4 is 11.8 Å². The molecule has 138 valence electrons. The molecule has 5 heteroatoms. The topological polar surface area (TPSA) is 67.4 Å². The summed E-state index contributed by atoms with van der Waals surface area (Å²) in [4.78, 5) is 24.2. The first-order valence-corrected chi connectivity index (χ1v) is 9.49. The lowest BCUT2D eigenvalue weighted by Gasteiger charge is -2.16. The molecule has 0 aliphatic heterocycles. The van der Waals surface area contributed by atoms with Gasteiger partial charge in [0.2, 0.25) is 5.91 Å². The van der Waals surface area contributed by atoms with Crippen LogP contribution in [0.3, 0.4) is 0 Å². The highest BCUT2D eigenvalue weighted by atomic mass is 16.5. The Morgan fingerprint density at radius 2 is 1.76 bits per heavy atom. The molecule has 2 N–H and O–H groups in total. The second-order valence-corrected chi connectivity index (χ2v) is 6.67. The number of benzene rings is 1. The molecule has 0 radical (unpaired) electrons. The number of carbonyl (C=O) groups excluding carboxylic acids is 2. The largest absolute Gasteiger partial charge is 0.494 e. The number of hydrogen-bond acceptors (Lipinski definition) is 3. The second-order valence-electron chi connectivity index (χ2n) is 6.67. The highest BCUT2D eigenvalue weighted by molar-refractivity contribution is 5.96. The lowest BCUT2D eigenvalue weighted by molar-refractivity contribution is -0.120. The van der Waals surface area contributed by atoms with E-state index >= 15 is 0 Å². The molecule has 0 bridgehead atoms. The van der Waals surface area contributed by atoms with Crippen molar-refractivity contribution in [2.45, 2.75) is 64.3 Å². The van der Waals surface area contributed by atoms with E-state index < -0.39 is 0 Å². The molecule has 0 aromatic heterocycles. The molecular weight excluding hydrogens is 316 g/mol. The minimum absolute atomic E-state index is 0.0179. The van der Waals surface area contributed by atoms with E-state index in [9.17, 15) is 9.59 Å². The van der Waals surface area contributed by atoms with E-state index in [2.05, 4.69) is 17.6 Å². The van der Waals surface area contributed by atoms with Crippen molar-refractivity contribution in [1.82, 2.24) is 10.6 Å². The molecule has 5 nitrogen and oxygen atoms in total. The van der Waals surface area contributed by atoms with Gasteiger partial charge in [0.1, 0.15) is 5.75 Å². The maximum absolute atomic E-state index is 12.1. The number of amides is 2. The SMILES string of the molecule is CCCCOc1ccc(C(=O)NCC(=O)NC2CCCCCC2)cc1. The summed E-state index contributed by atoms with van der Waals surface area (Å²) in [5.41, 5.74) is 0.533. The van der Waals surface area contributed by atoms with Gasteiger partial charge in [-0.05, 0) is 43.5 Å². The fourth-order valence-corrected chi connectivity index (χ4v) is 3.00. The van der Waals surface area contributed by atoms with Gasteiger partial charge in [-0.1, -0.05) is 39.0 Å². The van der Waals surface area contributed by atoms with Gasteiger partial charge in [-0.3, -0.25) is 9.59 Å². The van der Waals surface area contributed by atoms with Crippen molar-refractivity contribution in [3.8, 4) is 5.75 Å². The van der Waals surface area contributed by atoms with Crippen molar-refractivity contribution in [3.63, 3.8) is 0 Å². The molecule has 1 fully saturated rings. The van der Waals surface area contributed by atoms with Gasteiger partial charge in [0.25, 0.3) is 5.91 Å². The third-order valence-corrected chi connectivity index (χ3v) is 4.51. The van der Waals surface area contributed by atoms with Crippen molar-refractivity contribution in [1.29, 1.82) is 0 Å². The number of carbonyl (C=O) groups is 2. The number of nitrogens with one attached hydrogen (secondary N) is 2. The molecule has 0 heterocycles. The van der Waals surface area contributed by atoms with Crippen molar-refractivity contribution in [3.05, 3.63) is 29.8 Å². The third-order valence-electron chi connectivity index (χ3n) is 4.51. The molecule has 2 amide bonds. The summed E-state index contributed by atoms with van der Waals surface area (Å²) < 4.78 is 5.58. The van der Waals surface area contributed by atoms with E-state index in [1.54, 1.807) is 24.3 Å². The van der Waals surface area contributed by atoms with E-state index in [1.165, 1.54) is 25.7 Å². The first kappa shape index (κ1) is 19.3. The molecular formula is C20H30N2O3. The zero-order chi connectivity index (χ0) is 17.9. The number of hydrogen-bond donors (Lipinski definition) is 2. The van der Waals surface area contributed by atoms with Gasteiger partial charge in [0.05, 0.1) is 13.2 Å². The number of unbranched alkanes of at least 4 members (excludes halogenated alkanes) is 1. The zero-order valence-electron chi connectivity index (χ0n) is 15.2. The molecule has 1 aromatic rings. The van der Waals surface area contributed by atoms with Crippen LogP contribution in [0.1, 0.15) is 68.6 Å². The molecule has 1 aromatic carbocycles. The molecule has 0 spiro atoms. The van der Waals surface area contributed by atoms with Gasteiger partial charge in [-0.15, -0.1) is 0 Å². The Morgan fingerprint density at radius 3 is 2.40 bits per heavy atom. The minimum Gasteiger partial charge on any atom is -0.494 e. The first-order valence-electron chi connectivity index (χ1n) is 9.49. The summed E-state index contributed by atoms with van der Waals surface area (Å²) in [7, 11) is 0. The van der Waals surface area contributed by atoms with Crippen LogP contribution < -0.4 is 15.4 Å². The quantitative estimate of drug-likeness (QED) is 0.560. The summed E-state index contributed by atoms with van der Waals surface area (Å²) in [6, 6.07) is 7.28. The summed E-state index contributed by atoms with van der Waals surface area (Å²) in [6.07, 6.45) is 9.02. The lowest BCUT2D eigenvalue weighted by Crippen LogP contribution is -2.41. The zero-order valence-corrected chi connectivity index (χ0v) is 15.2. The lowest BCUT2D eigenvalue weighted by atomic mass is 10.1. The molecule has 0 unspecified atom stereocenters. The Labute approximate surface area is 150 Å². The maximum atomic E-state index is 12.1. The predicted molar refractivity (Wildman–Crippen MR) is 98.8 cm³/mol. The summed E-state index contributed by atoms with van der Waals surface area (Å²) >= 11 is 0. The fraction of sp³-hybridized carbons (Fsp3) is 0.600. The molecule has 1 aliphatic carbocycles. The average molecular weight is 346 g/mol. The second kappa shape index (κ2) is 10.7. The first-order chi connectivity index (χ1) is 12.2. The van der Waals surface area contributed by atoms with Crippen molar-refractivity contribution in [2.24, 2.45) is 0 Å². The van der Waals surface area contributed by atoms with Crippen LogP contribution in [0.5, 0.6) is 5.75 Å². The predicted octanol–water partition coefficient (Wildman–Crippen LogP) is 3.43.